The molecule has 2 heteroatoms. The van der Waals surface area contributed by atoms with Gasteiger partial charge in [-0.3, -0.25) is 0 Å². The molecule has 0 aromatic rings. The molecule has 1 unspecified atom stereocenters. The molecule has 0 bridgehead atoms. The zero-order valence-electron chi connectivity index (χ0n) is 17.1. The van der Waals surface area contributed by atoms with E-state index in [1.54, 1.807) is 13.3 Å². The van der Waals surface area contributed by atoms with E-state index in [1.165, 1.54) is 77.0 Å². The van der Waals surface area contributed by atoms with Crippen LogP contribution in [0.25, 0.3) is 0 Å². The van der Waals surface area contributed by atoms with E-state index >= 15 is 0 Å². The molecule has 0 rings (SSSR count). The van der Waals surface area contributed by atoms with Gasteiger partial charge in [-0.25, -0.2) is 0 Å². The first kappa shape index (κ1) is 23.8. The van der Waals surface area contributed by atoms with Crippen LogP contribution in [0.1, 0.15) is 105 Å². The van der Waals surface area contributed by atoms with Gasteiger partial charge in [0.2, 0.25) is 0 Å². The van der Waals surface area contributed by atoms with E-state index in [0.717, 1.165) is 0 Å². The van der Waals surface area contributed by atoms with Crippen LogP contribution in [0.3, 0.4) is 0 Å². The van der Waals surface area contributed by atoms with Crippen molar-refractivity contribution in [2.24, 2.45) is 0 Å². The quantitative estimate of drug-likeness (QED) is 0.168. The summed E-state index contributed by atoms with van der Waals surface area (Å²) in [5, 5.41) is 0. The van der Waals surface area contributed by atoms with E-state index < -0.39 is 18.4 Å². The van der Waals surface area contributed by atoms with E-state index in [2.05, 4.69) is 27.7 Å². The molecular weight excluding hydrogens is 387 g/mol. The average Bonchev–Trinajstić information content (AvgIpc) is 2.58. The summed E-state index contributed by atoms with van der Waals surface area (Å²) < 4.78 is 11.6. The zero-order valence-corrected chi connectivity index (χ0v) is 19.9. The summed E-state index contributed by atoms with van der Waals surface area (Å²) in [6.45, 7) is 9.40. The van der Waals surface area contributed by atoms with Crippen molar-refractivity contribution in [1.82, 2.24) is 0 Å². The molecule has 0 saturated heterocycles. The Morgan fingerprint density at radius 2 is 1.04 bits per heavy atom. The van der Waals surface area contributed by atoms with E-state index in [0.29, 0.717) is 4.12 Å². The second-order valence-corrected chi connectivity index (χ2v) is 21.5. The first-order valence-electron chi connectivity index (χ1n) is 10.7. The van der Waals surface area contributed by atoms with Gasteiger partial charge in [-0.2, -0.15) is 0 Å². The molecule has 0 amide bonds. The number of ether oxygens (including phenoxy) is 1. The molecule has 0 fully saturated rings. The number of hydrogen-bond donors (Lipinski definition) is 0. The Kier molecular flexibility index (Phi) is 16.8. The fourth-order valence-corrected chi connectivity index (χ4v) is 21.8. The normalized spacial score (nSPS) is 13.4. The summed E-state index contributed by atoms with van der Waals surface area (Å²) in [6, 6.07) is 0. The Hall–Kier alpha value is 0.759. The summed E-state index contributed by atoms with van der Waals surface area (Å²) >= 11 is -2.16. The maximum absolute atomic E-state index is 6.21. The van der Waals surface area contributed by atoms with E-state index in [4.69, 9.17) is 4.74 Å². The Morgan fingerprint density at radius 1 is 0.609 bits per heavy atom. The summed E-state index contributed by atoms with van der Waals surface area (Å²) in [7, 11) is 2.02. The molecule has 23 heavy (non-hydrogen) atoms. The predicted octanol–water partition coefficient (Wildman–Crippen LogP) is 7.75. The average molecular weight is 433 g/mol. The van der Waals surface area contributed by atoms with Gasteiger partial charge in [-0.05, 0) is 0 Å². The molecule has 1 atom stereocenters. The third-order valence-corrected chi connectivity index (χ3v) is 22.6. The van der Waals surface area contributed by atoms with Gasteiger partial charge in [0.1, 0.15) is 0 Å². The molecule has 140 valence electrons. The van der Waals surface area contributed by atoms with Crippen LogP contribution in [0.5, 0.6) is 0 Å². The topological polar surface area (TPSA) is 9.23 Å². The molecule has 0 aliphatic heterocycles. The Labute approximate surface area is 152 Å². The molecule has 0 saturated carbocycles. The molecule has 0 radical (unpaired) electrons. The van der Waals surface area contributed by atoms with Crippen LogP contribution >= 0.6 is 0 Å². The predicted molar refractivity (Wildman–Crippen MR) is 109 cm³/mol. The molecule has 1 nitrogen and oxygen atoms in total. The van der Waals surface area contributed by atoms with Crippen molar-refractivity contribution >= 4 is 18.4 Å². The molecule has 0 aliphatic rings. The van der Waals surface area contributed by atoms with Crippen LogP contribution in [0, 0.1) is 0 Å². The van der Waals surface area contributed by atoms with E-state index in [9.17, 15) is 0 Å². The molecule has 0 spiro atoms. The monoisotopic (exact) mass is 434 g/mol. The Morgan fingerprint density at radius 3 is 1.43 bits per heavy atom. The van der Waals surface area contributed by atoms with Gasteiger partial charge in [0.05, 0.1) is 0 Å². The summed E-state index contributed by atoms with van der Waals surface area (Å²) in [6.07, 6.45) is 16.8. The van der Waals surface area contributed by atoms with Gasteiger partial charge in [0, 0.05) is 0 Å². The number of hydrogen-bond acceptors (Lipinski definition) is 1. The van der Waals surface area contributed by atoms with Crippen LogP contribution < -0.4 is 0 Å². The van der Waals surface area contributed by atoms with Crippen LogP contribution in [-0.4, -0.2) is 29.6 Å². The minimum atomic E-state index is -2.16. The van der Waals surface area contributed by atoms with Crippen molar-refractivity contribution in [3.05, 3.63) is 0 Å². The van der Waals surface area contributed by atoms with Crippen LogP contribution in [0.4, 0.5) is 0 Å². The first-order valence-corrected chi connectivity index (χ1v) is 18.4. The molecule has 0 aliphatic carbocycles. The summed E-state index contributed by atoms with van der Waals surface area (Å²) in [4.78, 5) is 0. The third-order valence-electron chi connectivity index (χ3n) is 5.62. The zero-order chi connectivity index (χ0) is 17.4. The molecular formula is C21H46OSn. The SMILES string of the molecule is CCCCCCC[CH](OC)[Sn]([CH2]CCC)([CH2]CCC)[CH2]CCC. The Bertz CT molecular complexity index is 220. The second kappa shape index (κ2) is 16.2. The standard InChI is InChI=1S/C9H19O.3C4H9.Sn/c1-3-4-5-6-7-8-9-10-2;3*1-3-4-2;/h9H,3-8H2,1-2H3;3*1,3-4H2,2H3;. The van der Waals surface area contributed by atoms with Crippen molar-refractivity contribution in [2.75, 3.05) is 7.11 Å². The fraction of sp³-hybridized carbons (Fsp3) is 1.00. The van der Waals surface area contributed by atoms with Crippen molar-refractivity contribution in [1.29, 1.82) is 0 Å². The first-order chi connectivity index (χ1) is 11.2. The molecule has 0 heterocycles. The third kappa shape index (κ3) is 10.4. The van der Waals surface area contributed by atoms with Crippen molar-refractivity contribution in [3.8, 4) is 0 Å². The molecule has 0 aromatic carbocycles. The van der Waals surface area contributed by atoms with E-state index in [1.807, 2.05) is 7.11 Å². The van der Waals surface area contributed by atoms with Crippen molar-refractivity contribution < 1.29 is 4.74 Å². The van der Waals surface area contributed by atoms with E-state index in [-0.39, 0.29) is 0 Å². The van der Waals surface area contributed by atoms with Gasteiger partial charge in [-0.1, -0.05) is 0 Å². The van der Waals surface area contributed by atoms with Crippen LogP contribution in [0.15, 0.2) is 0 Å². The minimum absolute atomic E-state index is 0.690. The second-order valence-electron chi connectivity index (χ2n) is 7.60. The van der Waals surface area contributed by atoms with Gasteiger partial charge < -0.3 is 0 Å². The fourth-order valence-electron chi connectivity index (χ4n) is 4.05. The number of rotatable bonds is 17. The van der Waals surface area contributed by atoms with Gasteiger partial charge in [0.15, 0.2) is 0 Å². The van der Waals surface area contributed by atoms with Crippen LogP contribution in [0.2, 0.25) is 13.3 Å². The summed E-state index contributed by atoms with van der Waals surface area (Å²) in [5.41, 5.74) is 0. The van der Waals surface area contributed by atoms with Crippen molar-refractivity contribution in [3.63, 3.8) is 0 Å². The van der Waals surface area contributed by atoms with Gasteiger partial charge in [0.25, 0.3) is 0 Å². The van der Waals surface area contributed by atoms with Gasteiger partial charge in [-0.15, -0.1) is 0 Å². The number of unbranched alkanes of at least 4 members (excludes halogenated alkanes) is 7. The number of methoxy groups -OCH3 is 1. The molecule has 0 N–H and O–H groups in total. The molecule has 0 aromatic heterocycles. The summed E-state index contributed by atoms with van der Waals surface area (Å²) in [5.74, 6) is 0. The Balaban J connectivity index is 4.81. The van der Waals surface area contributed by atoms with Crippen LogP contribution in [-0.2, 0) is 4.74 Å². The maximum atomic E-state index is 6.21. The van der Waals surface area contributed by atoms with Crippen molar-refractivity contribution in [2.45, 2.75) is 122 Å². The van der Waals surface area contributed by atoms with Gasteiger partial charge >= 0.3 is 152 Å².